The smallest absolute Gasteiger partial charge is 0.244 e. The quantitative estimate of drug-likeness (QED) is 0.748. The van der Waals surface area contributed by atoms with Crippen LogP contribution < -0.4 is 0 Å². The molecule has 8 heteroatoms. The van der Waals surface area contributed by atoms with E-state index in [2.05, 4.69) is 0 Å². The number of hydrogen-bond acceptors (Lipinski definition) is 4. The number of carbonyl (C=O) groups excluding carboxylic acids is 1. The van der Waals surface area contributed by atoms with E-state index in [0.29, 0.717) is 18.1 Å². The molecular weight excluding hydrogens is 410 g/mol. The van der Waals surface area contributed by atoms with Crippen molar-refractivity contribution in [3.8, 4) is 6.07 Å². The third kappa shape index (κ3) is 3.76. The molecule has 2 unspecified atom stereocenters. The molecule has 0 spiro atoms. The molecule has 0 N–H and O–H groups in total. The standard InChI is InChI=1S/C21H20ClN3O3S/c22-19-7-3-2-6-16(19)17-13-18(17)21(26)24-9-11-25(12-10-24)29(27,28)20-8-4-1-5-15(20)14-23/h1-8,17-18H,9-13H2. The molecule has 29 heavy (non-hydrogen) atoms. The van der Waals surface area contributed by atoms with Crippen molar-refractivity contribution in [1.82, 2.24) is 9.21 Å². The second-order valence-electron chi connectivity index (χ2n) is 7.31. The van der Waals surface area contributed by atoms with Gasteiger partial charge < -0.3 is 4.90 Å². The zero-order valence-electron chi connectivity index (χ0n) is 15.7. The van der Waals surface area contributed by atoms with Crippen molar-refractivity contribution < 1.29 is 13.2 Å². The van der Waals surface area contributed by atoms with Gasteiger partial charge in [0, 0.05) is 37.1 Å². The average molecular weight is 430 g/mol. The van der Waals surface area contributed by atoms with E-state index >= 15 is 0 Å². The van der Waals surface area contributed by atoms with Crippen LogP contribution >= 0.6 is 11.6 Å². The summed E-state index contributed by atoms with van der Waals surface area (Å²) in [5.74, 6) is 0.113. The van der Waals surface area contributed by atoms with Crippen molar-refractivity contribution in [3.05, 3.63) is 64.7 Å². The van der Waals surface area contributed by atoms with Crippen molar-refractivity contribution in [1.29, 1.82) is 5.26 Å². The van der Waals surface area contributed by atoms with Crippen molar-refractivity contribution in [2.24, 2.45) is 5.92 Å². The van der Waals surface area contributed by atoms with Gasteiger partial charge in [0.15, 0.2) is 0 Å². The summed E-state index contributed by atoms with van der Waals surface area (Å²) in [6.07, 6.45) is 0.774. The Morgan fingerprint density at radius 3 is 2.38 bits per heavy atom. The summed E-state index contributed by atoms with van der Waals surface area (Å²) in [7, 11) is -3.76. The molecule has 1 saturated heterocycles. The lowest BCUT2D eigenvalue weighted by Crippen LogP contribution is -2.51. The number of hydrogen-bond donors (Lipinski definition) is 0. The summed E-state index contributed by atoms with van der Waals surface area (Å²) in [6.45, 7) is 1.13. The first kappa shape index (κ1) is 19.9. The minimum atomic E-state index is -3.76. The maximum atomic E-state index is 12.9. The molecule has 2 fully saturated rings. The summed E-state index contributed by atoms with van der Waals surface area (Å²) < 4.78 is 27.2. The molecule has 4 rings (SSSR count). The predicted molar refractivity (Wildman–Crippen MR) is 109 cm³/mol. The van der Waals surface area contributed by atoms with E-state index < -0.39 is 10.0 Å². The summed E-state index contributed by atoms with van der Waals surface area (Å²) in [6, 6.07) is 15.7. The summed E-state index contributed by atoms with van der Waals surface area (Å²) in [5.41, 5.74) is 1.13. The number of sulfonamides is 1. The fourth-order valence-corrected chi connectivity index (χ4v) is 5.73. The molecule has 2 aromatic rings. The normalized spacial score (nSPS) is 22.1. The average Bonchev–Trinajstić information content (AvgIpc) is 3.54. The molecule has 6 nitrogen and oxygen atoms in total. The van der Waals surface area contributed by atoms with Crippen LogP contribution in [0.1, 0.15) is 23.5 Å². The van der Waals surface area contributed by atoms with Gasteiger partial charge >= 0.3 is 0 Å². The van der Waals surface area contributed by atoms with Crippen molar-refractivity contribution >= 4 is 27.5 Å². The van der Waals surface area contributed by atoms with Gasteiger partial charge in [-0.05, 0) is 36.1 Å². The summed E-state index contributed by atoms with van der Waals surface area (Å²) in [4.78, 5) is 14.6. The molecule has 0 bridgehead atoms. The van der Waals surface area contributed by atoms with Gasteiger partial charge in [-0.3, -0.25) is 4.79 Å². The molecule has 1 aliphatic heterocycles. The number of nitrogens with zero attached hydrogens (tertiary/aromatic N) is 3. The zero-order valence-corrected chi connectivity index (χ0v) is 17.2. The molecule has 0 radical (unpaired) electrons. The Labute approximate surface area is 175 Å². The lowest BCUT2D eigenvalue weighted by molar-refractivity contribution is -0.133. The predicted octanol–water partition coefficient (Wildman–Crippen LogP) is 2.85. The van der Waals surface area contributed by atoms with Gasteiger partial charge in [0.05, 0.1) is 10.5 Å². The number of nitriles is 1. The molecule has 1 heterocycles. The lowest BCUT2D eigenvalue weighted by Gasteiger charge is -2.34. The van der Waals surface area contributed by atoms with Crippen LogP contribution in [0.2, 0.25) is 5.02 Å². The minimum Gasteiger partial charge on any atom is -0.340 e. The number of amides is 1. The van der Waals surface area contributed by atoms with Crippen molar-refractivity contribution in [3.63, 3.8) is 0 Å². The number of rotatable bonds is 4. The number of benzene rings is 2. The highest BCUT2D eigenvalue weighted by Crippen LogP contribution is 2.50. The molecule has 1 aliphatic carbocycles. The van der Waals surface area contributed by atoms with Crippen LogP contribution in [0.4, 0.5) is 0 Å². The van der Waals surface area contributed by atoms with Crippen LogP contribution in [0.3, 0.4) is 0 Å². The third-order valence-corrected chi connectivity index (χ3v) is 7.89. The Balaban J connectivity index is 1.41. The van der Waals surface area contributed by atoms with E-state index in [-0.39, 0.29) is 41.3 Å². The van der Waals surface area contributed by atoms with Gasteiger partial charge in [0.2, 0.25) is 15.9 Å². The topological polar surface area (TPSA) is 81.5 Å². The van der Waals surface area contributed by atoms with E-state index in [1.807, 2.05) is 30.3 Å². The van der Waals surface area contributed by atoms with Gasteiger partial charge in [-0.15, -0.1) is 0 Å². The second kappa shape index (κ2) is 7.79. The Kier molecular flexibility index (Phi) is 5.34. The monoisotopic (exact) mass is 429 g/mol. The third-order valence-electron chi connectivity index (χ3n) is 5.59. The van der Waals surface area contributed by atoms with Gasteiger partial charge in [-0.1, -0.05) is 41.9 Å². The highest BCUT2D eigenvalue weighted by molar-refractivity contribution is 7.89. The van der Waals surface area contributed by atoms with E-state index in [1.54, 1.807) is 17.0 Å². The van der Waals surface area contributed by atoms with E-state index in [0.717, 1.165) is 12.0 Å². The van der Waals surface area contributed by atoms with Gasteiger partial charge in [0.25, 0.3) is 0 Å². The first-order valence-corrected chi connectivity index (χ1v) is 11.3. The van der Waals surface area contributed by atoms with Gasteiger partial charge in [0.1, 0.15) is 6.07 Å². The Bertz CT molecular complexity index is 1090. The van der Waals surface area contributed by atoms with Crippen LogP contribution in [0, 0.1) is 17.2 Å². The largest absolute Gasteiger partial charge is 0.340 e. The number of piperazine rings is 1. The fourth-order valence-electron chi connectivity index (χ4n) is 3.89. The maximum absolute atomic E-state index is 12.9. The van der Waals surface area contributed by atoms with Crippen LogP contribution in [-0.4, -0.2) is 49.7 Å². The highest BCUT2D eigenvalue weighted by Gasteiger charge is 2.47. The molecule has 2 aromatic carbocycles. The summed E-state index contributed by atoms with van der Waals surface area (Å²) >= 11 is 6.25. The van der Waals surface area contributed by atoms with Crippen LogP contribution in [0.15, 0.2) is 53.4 Å². The molecule has 1 amide bonds. The zero-order chi connectivity index (χ0) is 20.6. The Hall–Kier alpha value is -2.40. The van der Waals surface area contributed by atoms with Gasteiger partial charge in [-0.25, -0.2) is 8.42 Å². The van der Waals surface area contributed by atoms with E-state index in [9.17, 15) is 18.5 Å². The fraction of sp³-hybridized carbons (Fsp3) is 0.333. The maximum Gasteiger partial charge on any atom is 0.244 e. The number of halogens is 1. The number of carbonyl (C=O) groups is 1. The second-order valence-corrected chi connectivity index (χ2v) is 9.62. The first-order chi connectivity index (χ1) is 13.9. The molecule has 2 atom stereocenters. The Morgan fingerprint density at radius 1 is 1.03 bits per heavy atom. The molecular formula is C21H20ClN3O3S. The lowest BCUT2D eigenvalue weighted by atomic mass is 10.1. The van der Waals surface area contributed by atoms with E-state index in [1.165, 1.54) is 16.4 Å². The SMILES string of the molecule is N#Cc1ccccc1S(=O)(=O)N1CCN(C(=O)C2CC2c2ccccc2Cl)CC1. The van der Waals surface area contributed by atoms with Crippen LogP contribution in [-0.2, 0) is 14.8 Å². The van der Waals surface area contributed by atoms with Gasteiger partial charge in [-0.2, -0.15) is 9.57 Å². The van der Waals surface area contributed by atoms with Crippen LogP contribution in [0.25, 0.3) is 0 Å². The van der Waals surface area contributed by atoms with Crippen LogP contribution in [0.5, 0.6) is 0 Å². The first-order valence-electron chi connectivity index (χ1n) is 9.46. The summed E-state index contributed by atoms with van der Waals surface area (Å²) in [5, 5.41) is 9.89. The minimum absolute atomic E-state index is 0.0169. The van der Waals surface area contributed by atoms with E-state index in [4.69, 9.17) is 11.6 Å². The molecule has 1 saturated carbocycles. The Morgan fingerprint density at radius 2 is 1.69 bits per heavy atom. The molecule has 150 valence electrons. The highest BCUT2D eigenvalue weighted by atomic mass is 35.5. The van der Waals surface area contributed by atoms with Crippen molar-refractivity contribution in [2.75, 3.05) is 26.2 Å². The van der Waals surface area contributed by atoms with Crippen molar-refractivity contribution in [2.45, 2.75) is 17.2 Å². The molecule has 0 aromatic heterocycles. The molecule has 2 aliphatic rings.